The molecule has 154 valence electrons. The normalized spacial score (nSPS) is 15.0. The maximum Gasteiger partial charge on any atom is 0.287 e. The zero-order chi connectivity index (χ0) is 21.3. The number of hydrogen-bond acceptors (Lipinski definition) is 4. The second-order valence-electron chi connectivity index (χ2n) is 8.31. The van der Waals surface area contributed by atoms with E-state index in [2.05, 4.69) is 26.6 Å². The van der Waals surface area contributed by atoms with Crippen molar-refractivity contribution in [3.05, 3.63) is 50.9 Å². The maximum absolute atomic E-state index is 12.5. The molecule has 2 aromatic rings. The van der Waals surface area contributed by atoms with Gasteiger partial charge in [-0.3, -0.25) is 14.4 Å². The number of nitrogens with one attached hydrogen (secondary N) is 2. The molecule has 1 aliphatic carbocycles. The Labute approximate surface area is 178 Å². The molecule has 1 aliphatic rings. The van der Waals surface area contributed by atoms with Crippen LogP contribution in [0.4, 0.5) is 5.69 Å². The maximum atomic E-state index is 12.5. The van der Waals surface area contributed by atoms with Gasteiger partial charge in [0.05, 0.1) is 5.56 Å². The summed E-state index contributed by atoms with van der Waals surface area (Å²) in [5, 5.41) is 5.56. The van der Waals surface area contributed by atoms with Gasteiger partial charge in [-0.15, -0.1) is 0 Å². The lowest BCUT2D eigenvalue weighted by molar-refractivity contribution is -0.116. The molecule has 1 aromatic heterocycles. The number of aryl methyl sites for hydroxylation is 1. The average molecular weight is 461 g/mol. The number of carbonyl (C=O) groups excluding carboxylic acids is 3. The van der Waals surface area contributed by atoms with Crippen LogP contribution in [0.15, 0.2) is 27.1 Å². The number of benzene rings is 1. The van der Waals surface area contributed by atoms with Crippen molar-refractivity contribution in [3.63, 3.8) is 0 Å². The van der Waals surface area contributed by atoms with Crippen molar-refractivity contribution >= 4 is 39.2 Å². The predicted molar refractivity (Wildman–Crippen MR) is 114 cm³/mol. The molecular weight excluding hydrogens is 436 g/mol. The van der Waals surface area contributed by atoms with Crippen LogP contribution in [0, 0.1) is 19.3 Å². The van der Waals surface area contributed by atoms with E-state index in [-0.39, 0.29) is 35.8 Å². The van der Waals surface area contributed by atoms with Gasteiger partial charge in [-0.25, -0.2) is 0 Å². The molecule has 0 unspecified atom stereocenters. The number of carbonyl (C=O) groups is 3. The number of ketones is 1. The Hall–Kier alpha value is -2.41. The predicted octanol–water partition coefficient (Wildman–Crippen LogP) is 4.57. The van der Waals surface area contributed by atoms with Crippen molar-refractivity contribution in [2.75, 3.05) is 11.9 Å². The fourth-order valence-electron chi connectivity index (χ4n) is 3.61. The Morgan fingerprint density at radius 2 is 1.93 bits per heavy atom. The molecule has 1 heterocycles. The first-order chi connectivity index (χ1) is 13.6. The summed E-state index contributed by atoms with van der Waals surface area (Å²) in [7, 11) is 0. The fourth-order valence-corrected chi connectivity index (χ4v) is 3.97. The van der Waals surface area contributed by atoms with Gasteiger partial charge < -0.3 is 15.1 Å². The largest absolute Gasteiger partial charge is 0.455 e. The van der Waals surface area contributed by atoms with Crippen LogP contribution in [0.25, 0.3) is 0 Å². The van der Waals surface area contributed by atoms with E-state index in [1.807, 2.05) is 39.0 Å². The Balaban J connectivity index is 1.60. The first-order valence-electron chi connectivity index (χ1n) is 9.57. The standard InChI is InChI=1S/C22H25BrN2O4/c1-12-5-6-14(23)9-15(12)25-18(27)7-8-24-21(28)20-13(2)19-16(26)10-22(3,4)11-17(19)29-20/h5-6,9H,7-8,10-11H2,1-4H3,(H,24,28)(H,25,27). The van der Waals surface area contributed by atoms with E-state index < -0.39 is 5.91 Å². The second kappa shape index (κ2) is 8.14. The van der Waals surface area contributed by atoms with Crippen LogP contribution in [-0.2, 0) is 11.2 Å². The minimum Gasteiger partial charge on any atom is -0.455 e. The molecule has 3 rings (SSSR count). The molecule has 0 saturated heterocycles. The number of amides is 2. The third kappa shape index (κ3) is 4.78. The van der Waals surface area contributed by atoms with Crippen LogP contribution in [0.1, 0.15) is 64.5 Å². The number of fused-ring (bicyclic) bond motifs is 1. The van der Waals surface area contributed by atoms with Crippen LogP contribution in [0.2, 0.25) is 0 Å². The van der Waals surface area contributed by atoms with Crippen LogP contribution in [0.3, 0.4) is 0 Å². The quantitative estimate of drug-likeness (QED) is 0.683. The van der Waals surface area contributed by atoms with Gasteiger partial charge in [-0.05, 0) is 37.0 Å². The van der Waals surface area contributed by atoms with Crippen molar-refractivity contribution in [1.82, 2.24) is 5.32 Å². The van der Waals surface area contributed by atoms with Gasteiger partial charge in [-0.2, -0.15) is 0 Å². The molecule has 0 aliphatic heterocycles. The van der Waals surface area contributed by atoms with Gasteiger partial charge in [-0.1, -0.05) is 35.8 Å². The van der Waals surface area contributed by atoms with Gasteiger partial charge in [0.1, 0.15) is 5.76 Å². The third-order valence-corrected chi connectivity index (χ3v) is 5.59. The Morgan fingerprint density at radius 3 is 2.66 bits per heavy atom. The highest BCUT2D eigenvalue weighted by Gasteiger charge is 2.37. The minimum absolute atomic E-state index is 0.0142. The molecule has 1 aromatic carbocycles. The fraction of sp³-hybridized carbons (Fsp3) is 0.409. The zero-order valence-corrected chi connectivity index (χ0v) is 18.7. The van der Waals surface area contributed by atoms with E-state index in [1.165, 1.54) is 0 Å². The highest BCUT2D eigenvalue weighted by atomic mass is 79.9. The average Bonchev–Trinajstić information content (AvgIpc) is 2.93. The van der Waals surface area contributed by atoms with Crippen molar-refractivity contribution < 1.29 is 18.8 Å². The van der Waals surface area contributed by atoms with Crippen LogP contribution in [-0.4, -0.2) is 24.1 Å². The molecular formula is C22H25BrN2O4. The van der Waals surface area contributed by atoms with E-state index in [9.17, 15) is 14.4 Å². The van der Waals surface area contributed by atoms with Gasteiger partial charge in [0.2, 0.25) is 5.91 Å². The molecule has 7 heteroatoms. The lowest BCUT2D eigenvalue weighted by atomic mass is 9.76. The summed E-state index contributed by atoms with van der Waals surface area (Å²) in [5.74, 6) is 0.147. The molecule has 2 N–H and O–H groups in total. The molecule has 29 heavy (non-hydrogen) atoms. The highest BCUT2D eigenvalue weighted by molar-refractivity contribution is 9.10. The number of hydrogen-bond donors (Lipinski definition) is 2. The number of furan rings is 1. The topological polar surface area (TPSA) is 88.4 Å². The van der Waals surface area contributed by atoms with Crippen LogP contribution < -0.4 is 10.6 Å². The summed E-state index contributed by atoms with van der Waals surface area (Å²) in [6.07, 6.45) is 1.19. The molecule has 0 saturated carbocycles. The van der Waals surface area contributed by atoms with Gasteiger partial charge in [0.15, 0.2) is 11.5 Å². The SMILES string of the molecule is Cc1ccc(Br)cc1NC(=O)CCNC(=O)c1oc2c(c1C)C(=O)CC(C)(C)C2. The number of rotatable bonds is 5. The monoisotopic (exact) mass is 460 g/mol. The van der Waals surface area contributed by atoms with Gasteiger partial charge in [0.25, 0.3) is 5.91 Å². The smallest absolute Gasteiger partial charge is 0.287 e. The molecule has 0 radical (unpaired) electrons. The van der Waals surface area contributed by atoms with Crippen LogP contribution in [0.5, 0.6) is 0 Å². The summed E-state index contributed by atoms with van der Waals surface area (Å²) in [4.78, 5) is 37.2. The van der Waals surface area contributed by atoms with Gasteiger partial charge >= 0.3 is 0 Å². The van der Waals surface area contributed by atoms with E-state index in [0.717, 1.165) is 15.7 Å². The zero-order valence-electron chi connectivity index (χ0n) is 17.1. The molecule has 0 bridgehead atoms. The summed E-state index contributed by atoms with van der Waals surface area (Å²) < 4.78 is 6.62. The number of halogens is 1. The van der Waals surface area contributed by atoms with E-state index >= 15 is 0 Å². The van der Waals surface area contributed by atoms with Crippen molar-refractivity contribution in [2.45, 2.75) is 47.0 Å². The first-order valence-corrected chi connectivity index (χ1v) is 10.4. The van der Waals surface area contributed by atoms with E-state index in [4.69, 9.17) is 4.42 Å². The number of anilines is 1. The number of Topliss-reactive ketones (excluding diaryl/α,β-unsaturated/α-hetero) is 1. The first kappa shape index (κ1) is 21.3. The van der Waals surface area contributed by atoms with Gasteiger partial charge in [0, 0.05) is 41.5 Å². The van der Waals surface area contributed by atoms with E-state index in [1.54, 1.807) is 6.92 Å². The molecule has 0 fully saturated rings. The lowest BCUT2D eigenvalue weighted by Gasteiger charge is -2.27. The Morgan fingerprint density at radius 1 is 1.21 bits per heavy atom. The van der Waals surface area contributed by atoms with E-state index in [0.29, 0.717) is 29.7 Å². The van der Waals surface area contributed by atoms with Crippen molar-refractivity contribution in [1.29, 1.82) is 0 Å². The summed E-state index contributed by atoms with van der Waals surface area (Å²) in [5.41, 5.74) is 2.62. The Kier molecular flexibility index (Phi) is 5.98. The molecule has 2 amide bonds. The summed E-state index contributed by atoms with van der Waals surface area (Å²) in [6, 6.07) is 5.65. The summed E-state index contributed by atoms with van der Waals surface area (Å²) >= 11 is 3.38. The highest BCUT2D eigenvalue weighted by Crippen LogP contribution is 2.38. The Bertz CT molecular complexity index is 991. The third-order valence-electron chi connectivity index (χ3n) is 5.09. The van der Waals surface area contributed by atoms with Crippen molar-refractivity contribution in [3.8, 4) is 0 Å². The summed E-state index contributed by atoms with van der Waals surface area (Å²) in [6.45, 7) is 7.83. The minimum atomic E-state index is -0.408. The van der Waals surface area contributed by atoms with Crippen LogP contribution >= 0.6 is 15.9 Å². The lowest BCUT2D eigenvalue weighted by Crippen LogP contribution is -2.28. The molecule has 0 spiro atoms. The molecule has 6 nitrogen and oxygen atoms in total. The second-order valence-corrected chi connectivity index (χ2v) is 9.22. The van der Waals surface area contributed by atoms with Crippen molar-refractivity contribution in [2.24, 2.45) is 5.41 Å². The molecule has 0 atom stereocenters.